The number of hydrogen-bond acceptors (Lipinski definition) is 6. The maximum atomic E-state index is 11.1. The van der Waals surface area contributed by atoms with Gasteiger partial charge in [-0.3, -0.25) is 4.79 Å². The molecule has 0 aliphatic rings. The van der Waals surface area contributed by atoms with Crippen molar-refractivity contribution in [3.63, 3.8) is 0 Å². The van der Waals surface area contributed by atoms with Crippen LogP contribution in [0.3, 0.4) is 0 Å². The van der Waals surface area contributed by atoms with E-state index in [2.05, 4.69) is 0 Å². The highest BCUT2D eigenvalue weighted by molar-refractivity contribution is 5.69. The summed E-state index contributed by atoms with van der Waals surface area (Å²) in [5, 5.41) is 27.1. The summed E-state index contributed by atoms with van der Waals surface area (Å²) in [5.41, 5.74) is 0. The second-order valence-corrected chi connectivity index (χ2v) is 5.31. The zero-order chi connectivity index (χ0) is 16.0. The Kier molecular flexibility index (Phi) is 12.6. The summed E-state index contributed by atoms with van der Waals surface area (Å²) in [5.74, 6) is -1.41. The number of unbranched alkanes of at least 4 members (excludes halogenated alkanes) is 4. The number of rotatable bonds is 14. The van der Waals surface area contributed by atoms with Gasteiger partial charge in [-0.15, -0.1) is 0 Å². The van der Waals surface area contributed by atoms with Gasteiger partial charge >= 0.3 is 5.97 Å². The van der Waals surface area contributed by atoms with Crippen LogP contribution in [-0.4, -0.2) is 53.5 Å². The minimum atomic E-state index is -1.12. The normalized spacial score (nSPS) is 13.9. The molecule has 0 bridgehead atoms. The molecule has 1 unspecified atom stereocenters. The van der Waals surface area contributed by atoms with Gasteiger partial charge in [-0.2, -0.15) is 0 Å². The van der Waals surface area contributed by atoms with Gasteiger partial charge in [-0.05, 0) is 32.6 Å². The van der Waals surface area contributed by atoms with Crippen LogP contribution in [0, 0.1) is 0 Å². The molecule has 0 aliphatic carbocycles. The number of aliphatic hydroxyl groups is 3. The summed E-state index contributed by atoms with van der Waals surface area (Å²) >= 11 is 0. The number of aliphatic hydroxyl groups excluding tert-OH is 2. The molecule has 0 aromatic rings. The Morgan fingerprint density at radius 1 is 0.952 bits per heavy atom. The summed E-state index contributed by atoms with van der Waals surface area (Å²) in [6.07, 6.45) is 5.68. The van der Waals surface area contributed by atoms with Crippen molar-refractivity contribution < 1.29 is 29.6 Å². The van der Waals surface area contributed by atoms with Crippen molar-refractivity contribution in [1.82, 2.24) is 0 Å². The van der Waals surface area contributed by atoms with Gasteiger partial charge in [0, 0.05) is 19.4 Å². The number of hydrogen-bond donors (Lipinski definition) is 3. The predicted molar refractivity (Wildman–Crippen MR) is 78.6 cm³/mol. The minimum absolute atomic E-state index is 0.0566. The average molecular weight is 306 g/mol. The highest BCUT2D eigenvalue weighted by atomic mass is 16.6. The largest absolute Gasteiger partial charge is 0.463 e. The van der Waals surface area contributed by atoms with E-state index in [1.807, 2.05) is 0 Å². The van der Waals surface area contributed by atoms with E-state index >= 15 is 0 Å². The zero-order valence-corrected chi connectivity index (χ0v) is 13.1. The maximum Gasteiger partial charge on any atom is 0.305 e. The number of ether oxygens (including phenoxy) is 2. The van der Waals surface area contributed by atoms with Gasteiger partial charge < -0.3 is 24.8 Å². The van der Waals surface area contributed by atoms with Crippen LogP contribution in [0.1, 0.15) is 58.3 Å². The summed E-state index contributed by atoms with van der Waals surface area (Å²) < 4.78 is 10.2. The van der Waals surface area contributed by atoms with Gasteiger partial charge in [0.25, 0.3) is 0 Å². The summed E-state index contributed by atoms with van der Waals surface area (Å²) in [6, 6.07) is 0. The molecule has 1 atom stereocenters. The lowest BCUT2D eigenvalue weighted by molar-refractivity contribution is -0.195. The summed E-state index contributed by atoms with van der Waals surface area (Å²) in [6.45, 7) is 2.20. The molecule has 21 heavy (non-hydrogen) atoms. The van der Waals surface area contributed by atoms with Crippen molar-refractivity contribution in [3.8, 4) is 0 Å². The monoisotopic (exact) mass is 306 g/mol. The third-order valence-corrected chi connectivity index (χ3v) is 3.09. The molecule has 0 heterocycles. The van der Waals surface area contributed by atoms with Gasteiger partial charge in [0.1, 0.15) is 6.61 Å². The second kappa shape index (κ2) is 13.0. The van der Waals surface area contributed by atoms with E-state index < -0.39 is 5.79 Å². The van der Waals surface area contributed by atoms with Gasteiger partial charge in [0.15, 0.2) is 5.79 Å². The number of carbonyl (C=O) groups excluding carboxylic acids is 1. The molecule has 0 saturated heterocycles. The molecule has 0 rings (SSSR count). The van der Waals surface area contributed by atoms with E-state index in [4.69, 9.17) is 19.7 Å². The Morgan fingerprint density at radius 2 is 1.67 bits per heavy atom. The van der Waals surface area contributed by atoms with Gasteiger partial charge in [0.05, 0.1) is 13.2 Å². The quantitative estimate of drug-likeness (QED) is 0.255. The first-order chi connectivity index (χ1) is 10.0. The van der Waals surface area contributed by atoms with Crippen LogP contribution in [0.15, 0.2) is 0 Å². The van der Waals surface area contributed by atoms with E-state index in [9.17, 15) is 9.90 Å². The lowest BCUT2D eigenvalue weighted by Crippen LogP contribution is -2.28. The highest BCUT2D eigenvalue weighted by Crippen LogP contribution is 2.16. The van der Waals surface area contributed by atoms with Crippen molar-refractivity contribution in [2.24, 2.45) is 0 Å². The molecule has 0 aromatic carbocycles. The number of esters is 1. The van der Waals surface area contributed by atoms with Gasteiger partial charge in [0.2, 0.25) is 0 Å². The van der Waals surface area contributed by atoms with Gasteiger partial charge in [-0.25, -0.2) is 0 Å². The van der Waals surface area contributed by atoms with E-state index in [1.54, 1.807) is 6.92 Å². The van der Waals surface area contributed by atoms with Crippen molar-refractivity contribution in [2.75, 3.05) is 26.4 Å². The first-order valence-corrected chi connectivity index (χ1v) is 7.75. The van der Waals surface area contributed by atoms with Crippen molar-refractivity contribution in [2.45, 2.75) is 64.1 Å². The molecule has 3 N–H and O–H groups in total. The Morgan fingerprint density at radius 3 is 2.33 bits per heavy atom. The zero-order valence-electron chi connectivity index (χ0n) is 13.1. The molecular formula is C15H30O6. The Bertz CT molecular complexity index is 255. The van der Waals surface area contributed by atoms with Crippen LogP contribution >= 0.6 is 0 Å². The smallest absolute Gasteiger partial charge is 0.305 e. The average Bonchev–Trinajstić information content (AvgIpc) is 2.45. The molecule has 0 aromatic heterocycles. The minimum Gasteiger partial charge on any atom is -0.463 e. The molecule has 126 valence electrons. The van der Waals surface area contributed by atoms with Crippen LogP contribution in [0.4, 0.5) is 0 Å². The summed E-state index contributed by atoms with van der Waals surface area (Å²) in [4.78, 5) is 11.1. The molecule has 0 spiro atoms. The molecule has 0 amide bonds. The first kappa shape index (κ1) is 20.3. The van der Waals surface area contributed by atoms with Crippen LogP contribution in [-0.2, 0) is 14.3 Å². The maximum absolute atomic E-state index is 11.1. The third kappa shape index (κ3) is 14.0. The van der Waals surface area contributed by atoms with Gasteiger partial charge in [-0.1, -0.05) is 12.8 Å². The first-order valence-electron chi connectivity index (χ1n) is 7.75. The lowest BCUT2D eigenvalue weighted by atomic mass is 10.1. The fourth-order valence-corrected chi connectivity index (χ4v) is 1.89. The van der Waals surface area contributed by atoms with Crippen LogP contribution < -0.4 is 0 Å². The summed E-state index contributed by atoms with van der Waals surface area (Å²) in [7, 11) is 0. The molecule has 6 heteroatoms. The van der Waals surface area contributed by atoms with Crippen molar-refractivity contribution >= 4 is 5.97 Å². The fourth-order valence-electron chi connectivity index (χ4n) is 1.89. The molecule has 0 saturated carbocycles. The topological polar surface area (TPSA) is 96.2 Å². The Labute approximate surface area is 127 Å². The Balaban J connectivity index is 3.45. The Hall–Kier alpha value is -0.690. The van der Waals surface area contributed by atoms with Crippen LogP contribution in [0.25, 0.3) is 0 Å². The second-order valence-electron chi connectivity index (χ2n) is 5.31. The SMILES string of the molecule is CC(O)(CCCCCO)OCCCCCC(=O)OCCO. The van der Waals surface area contributed by atoms with Crippen LogP contribution in [0.5, 0.6) is 0 Å². The lowest BCUT2D eigenvalue weighted by Gasteiger charge is -2.23. The predicted octanol–water partition coefficient (Wildman–Crippen LogP) is 1.36. The molecule has 0 aliphatic heterocycles. The third-order valence-electron chi connectivity index (χ3n) is 3.09. The number of carbonyl (C=O) groups is 1. The van der Waals surface area contributed by atoms with Crippen molar-refractivity contribution in [1.29, 1.82) is 0 Å². The molecular weight excluding hydrogens is 276 g/mol. The molecule has 0 radical (unpaired) electrons. The van der Waals surface area contributed by atoms with Crippen molar-refractivity contribution in [3.05, 3.63) is 0 Å². The van der Waals surface area contributed by atoms with Crippen LogP contribution in [0.2, 0.25) is 0 Å². The van der Waals surface area contributed by atoms with E-state index in [0.717, 1.165) is 32.1 Å². The molecule has 6 nitrogen and oxygen atoms in total. The van der Waals surface area contributed by atoms with E-state index in [-0.39, 0.29) is 25.8 Å². The highest BCUT2D eigenvalue weighted by Gasteiger charge is 2.19. The van der Waals surface area contributed by atoms with E-state index in [1.165, 1.54) is 0 Å². The van der Waals surface area contributed by atoms with E-state index in [0.29, 0.717) is 25.9 Å². The molecule has 0 fully saturated rings. The standard InChI is InChI=1S/C15H30O6/c1-15(19,9-5-3-6-10-16)21-12-7-2-4-8-14(18)20-13-11-17/h16-17,19H,2-13H2,1H3. The fraction of sp³-hybridized carbons (Fsp3) is 0.933.